The van der Waals surface area contributed by atoms with Crippen LogP contribution in [0.4, 0.5) is 0 Å². The van der Waals surface area contributed by atoms with Crippen LogP contribution < -0.4 is 0 Å². The average Bonchev–Trinajstić information content (AvgIpc) is 2.80. The maximum absolute atomic E-state index is 13.4. The highest BCUT2D eigenvalue weighted by Gasteiger charge is 2.57. The molecule has 200 valence electrons. The van der Waals surface area contributed by atoms with Gasteiger partial charge in [-0.25, -0.2) is 4.79 Å². The minimum atomic E-state index is -0.736. The van der Waals surface area contributed by atoms with Gasteiger partial charge in [-0.1, -0.05) is 67.6 Å². The van der Waals surface area contributed by atoms with Crippen LogP contribution in [-0.2, 0) is 15.1 Å². The number of benzene rings is 2. The summed E-state index contributed by atoms with van der Waals surface area (Å²) in [5, 5.41) is 0. The summed E-state index contributed by atoms with van der Waals surface area (Å²) in [6.07, 6.45) is 4.16. The summed E-state index contributed by atoms with van der Waals surface area (Å²) in [5.41, 5.74) is 1.02. The van der Waals surface area contributed by atoms with Crippen molar-refractivity contribution in [3.05, 3.63) is 77.9 Å². The number of piperidine rings is 1. The number of halogens is 2. The average molecular weight is 536 g/mol. The molecule has 1 aliphatic heterocycles. The van der Waals surface area contributed by atoms with Gasteiger partial charge in [0.15, 0.2) is 0 Å². The molecule has 4 nitrogen and oxygen atoms in total. The third-order valence-corrected chi connectivity index (χ3v) is 7.49. The Morgan fingerprint density at radius 2 is 1.56 bits per heavy atom. The van der Waals surface area contributed by atoms with E-state index >= 15 is 0 Å². The summed E-state index contributed by atoms with van der Waals surface area (Å²) in [4.78, 5) is 18.3. The van der Waals surface area contributed by atoms with E-state index in [1.807, 2.05) is 42.5 Å². The zero-order valence-electron chi connectivity index (χ0n) is 22.8. The van der Waals surface area contributed by atoms with Gasteiger partial charge in [0.05, 0.1) is 0 Å². The lowest BCUT2D eigenvalue weighted by Gasteiger charge is -2.57. The zero-order chi connectivity index (χ0) is 24.9. The lowest BCUT2D eigenvalue weighted by molar-refractivity contribution is -0.198. The zero-order valence-corrected chi connectivity index (χ0v) is 24.4. The summed E-state index contributed by atoms with van der Waals surface area (Å²) in [7, 11) is 2.18. The summed E-state index contributed by atoms with van der Waals surface area (Å²) < 4.78 is 6.60. The molecule has 3 rings (SSSR count). The topological polar surface area (TPSA) is 32.8 Å². The van der Waals surface area contributed by atoms with Crippen LogP contribution in [0.5, 0.6) is 0 Å². The Morgan fingerprint density at radius 1 is 1.03 bits per heavy atom. The van der Waals surface area contributed by atoms with Crippen molar-refractivity contribution in [3.8, 4) is 0 Å². The maximum atomic E-state index is 13.4. The first kappa shape index (κ1) is 32.2. The molecule has 0 aromatic heterocycles. The van der Waals surface area contributed by atoms with E-state index in [2.05, 4.69) is 82.7 Å². The molecular weight excluding hydrogens is 491 g/mol. The van der Waals surface area contributed by atoms with Crippen LogP contribution in [0, 0.1) is 5.41 Å². The Balaban J connectivity index is 0.00000324. The molecule has 3 unspecified atom stereocenters. The Hall–Kier alpha value is -1.85. The molecule has 36 heavy (non-hydrogen) atoms. The van der Waals surface area contributed by atoms with Gasteiger partial charge in [-0.15, -0.1) is 24.8 Å². The fraction of sp³-hybridized carbons (Fsp3) is 0.500. The van der Waals surface area contributed by atoms with Crippen LogP contribution in [0.15, 0.2) is 66.7 Å². The van der Waals surface area contributed by atoms with Crippen LogP contribution in [0.2, 0.25) is 0 Å². The van der Waals surface area contributed by atoms with Crippen LogP contribution in [0.1, 0.15) is 59.1 Å². The monoisotopic (exact) mass is 534 g/mol. The van der Waals surface area contributed by atoms with Gasteiger partial charge in [0.2, 0.25) is 0 Å². The number of hydrogen-bond donors (Lipinski definition) is 0. The number of ether oxygens (including phenoxy) is 1. The molecule has 0 aliphatic carbocycles. The van der Waals surface area contributed by atoms with E-state index in [9.17, 15) is 4.79 Å². The number of rotatable bonds is 8. The normalized spacial score (nSPS) is 24.6. The molecule has 1 heterocycles. The quantitative estimate of drug-likeness (QED) is 0.274. The van der Waals surface area contributed by atoms with E-state index < -0.39 is 5.60 Å². The number of carbonyl (C=O) groups is 1. The molecule has 2 aromatic rings. The van der Waals surface area contributed by atoms with Gasteiger partial charge in [-0.2, -0.15) is 0 Å². The highest BCUT2D eigenvalue weighted by Crippen LogP contribution is 2.51. The van der Waals surface area contributed by atoms with Gasteiger partial charge >= 0.3 is 5.97 Å². The van der Waals surface area contributed by atoms with E-state index in [0.29, 0.717) is 12.1 Å². The molecule has 1 aliphatic rings. The van der Waals surface area contributed by atoms with Crippen LogP contribution in [0.3, 0.4) is 0 Å². The largest absolute Gasteiger partial charge is 0.450 e. The molecule has 0 bridgehead atoms. The molecule has 0 amide bonds. The second-order valence-corrected chi connectivity index (χ2v) is 10.7. The lowest BCUT2D eigenvalue weighted by Crippen LogP contribution is -2.64. The van der Waals surface area contributed by atoms with Crippen LogP contribution >= 0.6 is 24.8 Å². The van der Waals surface area contributed by atoms with E-state index in [4.69, 9.17) is 4.74 Å². The van der Waals surface area contributed by atoms with Gasteiger partial charge in [0.1, 0.15) is 5.60 Å². The minimum absolute atomic E-state index is 0. The van der Waals surface area contributed by atoms with Crippen molar-refractivity contribution >= 4 is 36.9 Å². The first-order chi connectivity index (χ1) is 16.1. The fourth-order valence-electron chi connectivity index (χ4n) is 5.53. The molecule has 0 N–H and O–H groups in total. The second kappa shape index (κ2) is 13.6. The van der Waals surface area contributed by atoms with Crippen molar-refractivity contribution in [3.63, 3.8) is 0 Å². The Bertz CT molecular complexity index is 959. The Kier molecular flexibility index (Phi) is 12.2. The predicted molar refractivity (Wildman–Crippen MR) is 156 cm³/mol. The van der Waals surface area contributed by atoms with Crippen molar-refractivity contribution in [2.75, 3.05) is 20.1 Å². The summed E-state index contributed by atoms with van der Waals surface area (Å²) >= 11 is 0. The molecule has 3 atom stereocenters. The Morgan fingerprint density at radius 3 is 2.08 bits per heavy atom. The van der Waals surface area contributed by atoms with Crippen molar-refractivity contribution in [1.29, 1.82) is 0 Å². The first-order valence-electron chi connectivity index (χ1n) is 12.6. The van der Waals surface area contributed by atoms with Gasteiger partial charge in [0, 0.05) is 49.1 Å². The number of hydrogen-bond acceptors (Lipinski definition) is 4. The molecule has 0 saturated carbocycles. The molecule has 1 saturated heterocycles. The fourth-order valence-corrected chi connectivity index (χ4v) is 5.53. The van der Waals surface area contributed by atoms with Crippen molar-refractivity contribution < 1.29 is 9.53 Å². The van der Waals surface area contributed by atoms with Crippen LogP contribution in [-0.4, -0.2) is 54.0 Å². The third-order valence-electron chi connectivity index (χ3n) is 7.49. The van der Waals surface area contributed by atoms with E-state index in [0.717, 1.165) is 30.6 Å². The highest BCUT2D eigenvalue weighted by molar-refractivity contribution is 5.87. The number of likely N-dealkylation sites (tertiary alicyclic amines) is 1. The SMILES string of the molecule is CC1CC(OC(=O)/C=C/c2ccccc2)(c2ccccc2)C(C)(CN(C(C)C)C(C)C)CN1C.Cl.Cl. The number of nitrogens with zero attached hydrogens (tertiary/aromatic N) is 2. The van der Waals surface area contributed by atoms with Crippen molar-refractivity contribution in [1.82, 2.24) is 9.80 Å². The van der Waals surface area contributed by atoms with Crippen LogP contribution in [0.25, 0.3) is 6.08 Å². The third kappa shape index (κ3) is 7.13. The second-order valence-electron chi connectivity index (χ2n) is 10.7. The van der Waals surface area contributed by atoms with Gasteiger partial charge in [0.25, 0.3) is 0 Å². The van der Waals surface area contributed by atoms with Crippen molar-refractivity contribution in [2.24, 2.45) is 5.41 Å². The number of carbonyl (C=O) groups excluding carboxylic acids is 1. The molecule has 1 fully saturated rings. The standard InChI is InChI=1S/C30H42N2O2.2ClH/c1-23(2)32(24(3)4)22-29(6)21-31(7)25(5)20-30(29,27-16-12-9-13-17-27)34-28(33)19-18-26-14-10-8-11-15-26;;/h8-19,23-25H,20-22H2,1-7H3;2*1H/b19-18+;;. The summed E-state index contributed by atoms with van der Waals surface area (Å²) in [6, 6.07) is 21.3. The lowest BCUT2D eigenvalue weighted by atomic mass is 9.63. The predicted octanol–water partition coefficient (Wildman–Crippen LogP) is 6.83. The van der Waals surface area contributed by atoms with Gasteiger partial charge < -0.3 is 9.64 Å². The molecule has 2 aromatic carbocycles. The van der Waals surface area contributed by atoms with E-state index in [-0.39, 0.29) is 42.2 Å². The van der Waals surface area contributed by atoms with E-state index in [1.54, 1.807) is 6.08 Å². The summed E-state index contributed by atoms with van der Waals surface area (Å²) in [6.45, 7) is 15.2. The molecular formula is C30H44Cl2N2O2. The van der Waals surface area contributed by atoms with Gasteiger partial charge in [-0.05, 0) is 58.9 Å². The van der Waals surface area contributed by atoms with Gasteiger partial charge in [-0.3, -0.25) is 4.90 Å². The maximum Gasteiger partial charge on any atom is 0.331 e. The minimum Gasteiger partial charge on any atom is -0.450 e. The molecule has 0 radical (unpaired) electrons. The smallest absolute Gasteiger partial charge is 0.331 e. The molecule has 0 spiro atoms. The Labute approximate surface area is 230 Å². The molecule has 6 heteroatoms. The highest BCUT2D eigenvalue weighted by atomic mass is 35.5. The number of esters is 1. The summed E-state index contributed by atoms with van der Waals surface area (Å²) in [5.74, 6) is -0.295. The van der Waals surface area contributed by atoms with Crippen molar-refractivity contribution in [2.45, 2.75) is 71.7 Å². The first-order valence-corrected chi connectivity index (χ1v) is 12.6. The van der Waals surface area contributed by atoms with E-state index in [1.165, 1.54) is 0 Å².